The van der Waals surface area contributed by atoms with Crippen LogP contribution in [0.1, 0.15) is 12.8 Å². The van der Waals surface area contributed by atoms with Crippen molar-refractivity contribution in [3.05, 3.63) is 0 Å². The second kappa shape index (κ2) is 6.13. The van der Waals surface area contributed by atoms with Crippen LogP contribution in [-0.2, 0) is 25.4 Å². The number of rotatable bonds is 7. The molecular weight excluding hydrogens is 228 g/mol. The number of hydrogen-bond acceptors (Lipinski definition) is 4. The molecule has 5 nitrogen and oxygen atoms in total. The van der Waals surface area contributed by atoms with Gasteiger partial charge in [0.05, 0.1) is 12.2 Å². The molecule has 0 amide bonds. The Kier molecular flexibility index (Phi) is 5.94. The Hall–Kier alpha value is -0.430. The van der Waals surface area contributed by atoms with Gasteiger partial charge in [0.1, 0.15) is 9.84 Å². The largest absolute Gasteiger partial charge is 0.481 e. The van der Waals surface area contributed by atoms with Gasteiger partial charge in [-0.25, -0.2) is 8.42 Å². The van der Waals surface area contributed by atoms with Crippen LogP contribution in [0, 0.1) is 0 Å². The molecule has 0 aliphatic heterocycles. The smallest absolute Gasteiger partial charge is 0.304 e. The van der Waals surface area contributed by atoms with Crippen molar-refractivity contribution >= 4 is 26.6 Å². The van der Waals surface area contributed by atoms with E-state index in [1.54, 1.807) is 0 Å². The van der Waals surface area contributed by atoms with Gasteiger partial charge in [0.2, 0.25) is 0 Å². The number of aliphatic carboxylic acids is 1. The van der Waals surface area contributed by atoms with E-state index in [0.717, 1.165) is 6.26 Å². The summed E-state index contributed by atoms with van der Waals surface area (Å²) in [6.07, 6.45) is 1.31. The van der Waals surface area contributed by atoms with E-state index in [1.165, 1.54) is 0 Å². The van der Waals surface area contributed by atoms with Crippen molar-refractivity contribution in [2.45, 2.75) is 12.8 Å². The van der Waals surface area contributed by atoms with Gasteiger partial charge in [-0.15, -0.1) is 0 Å². The highest BCUT2D eigenvalue weighted by Crippen LogP contribution is 1.95. The summed E-state index contributed by atoms with van der Waals surface area (Å²) in [5, 5.41) is 8.29. The van der Waals surface area contributed by atoms with E-state index in [4.69, 9.17) is 5.11 Å². The summed E-state index contributed by atoms with van der Waals surface area (Å²) < 4.78 is 32.5. The molecule has 14 heavy (non-hydrogen) atoms. The van der Waals surface area contributed by atoms with Crippen LogP contribution in [0.25, 0.3) is 0 Å². The zero-order chi connectivity index (χ0) is 11.2. The average molecular weight is 242 g/mol. The maximum Gasteiger partial charge on any atom is 0.304 e. The highest BCUT2D eigenvalue weighted by atomic mass is 32.2. The molecule has 0 aromatic carbocycles. The third-order valence-corrected chi connectivity index (χ3v) is 3.86. The lowest BCUT2D eigenvalue weighted by molar-refractivity contribution is -0.136. The van der Waals surface area contributed by atoms with E-state index in [0.29, 0.717) is 6.42 Å². The lowest BCUT2D eigenvalue weighted by Crippen LogP contribution is -2.11. The molecule has 0 fully saturated rings. The van der Waals surface area contributed by atoms with Crippen molar-refractivity contribution in [1.29, 1.82) is 0 Å². The number of carbonyl (C=O) groups is 1. The van der Waals surface area contributed by atoms with Crippen LogP contribution in [0.2, 0.25) is 0 Å². The molecule has 0 aromatic heterocycles. The molecule has 1 atom stereocenters. The van der Waals surface area contributed by atoms with Gasteiger partial charge in [-0.1, -0.05) is 0 Å². The van der Waals surface area contributed by atoms with Crippen LogP contribution < -0.4 is 0 Å². The van der Waals surface area contributed by atoms with Crippen molar-refractivity contribution in [1.82, 2.24) is 0 Å². The Morgan fingerprint density at radius 1 is 1.36 bits per heavy atom. The Balaban J connectivity index is 3.60. The molecule has 1 unspecified atom stereocenters. The van der Waals surface area contributed by atoms with Crippen LogP contribution >= 0.6 is 0 Å². The molecule has 0 rings (SSSR count). The second-order valence-electron chi connectivity index (χ2n) is 2.98. The first kappa shape index (κ1) is 13.6. The summed E-state index contributed by atoms with van der Waals surface area (Å²) in [7, 11) is -4.22. The summed E-state index contributed by atoms with van der Waals surface area (Å²) in [6.45, 7) is 0. The molecule has 0 aliphatic carbocycles. The fourth-order valence-electron chi connectivity index (χ4n) is 0.785. The molecule has 0 aromatic rings. The molecule has 1 N–H and O–H groups in total. The van der Waals surface area contributed by atoms with E-state index >= 15 is 0 Å². The predicted molar refractivity (Wildman–Crippen MR) is 54.5 cm³/mol. The summed E-state index contributed by atoms with van der Waals surface area (Å²) in [5.74, 6) is -0.632. The van der Waals surface area contributed by atoms with Crippen LogP contribution in [0.3, 0.4) is 0 Å². The summed E-state index contributed by atoms with van der Waals surface area (Å²) in [5.41, 5.74) is 0. The summed E-state index contributed by atoms with van der Waals surface area (Å²) in [4.78, 5) is 10.1. The topological polar surface area (TPSA) is 88.5 Å². The molecule has 0 bridgehead atoms. The fraction of sp³-hybridized carbons (Fsp3) is 0.857. The quantitative estimate of drug-likeness (QED) is 0.659. The van der Waals surface area contributed by atoms with Crippen molar-refractivity contribution in [3.8, 4) is 0 Å². The van der Waals surface area contributed by atoms with Gasteiger partial charge in [-0.05, 0) is 6.42 Å². The van der Waals surface area contributed by atoms with Gasteiger partial charge in [0.15, 0.2) is 0 Å². The van der Waals surface area contributed by atoms with Crippen molar-refractivity contribution in [3.63, 3.8) is 0 Å². The van der Waals surface area contributed by atoms with E-state index in [-0.39, 0.29) is 23.7 Å². The molecule has 0 saturated carbocycles. The van der Waals surface area contributed by atoms with Gasteiger partial charge in [0, 0.05) is 28.6 Å². The van der Waals surface area contributed by atoms with Gasteiger partial charge < -0.3 is 5.11 Å². The SMILES string of the molecule is CS(=O)(=O)CCCS(=O)CCC(=O)O. The van der Waals surface area contributed by atoms with Gasteiger partial charge in [0.25, 0.3) is 0 Å². The first-order valence-electron chi connectivity index (χ1n) is 4.06. The van der Waals surface area contributed by atoms with Gasteiger partial charge in [-0.3, -0.25) is 9.00 Å². The van der Waals surface area contributed by atoms with Gasteiger partial charge in [-0.2, -0.15) is 0 Å². The minimum Gasteiger partial charge on any atom is -0.481 e. The normalized spacial score (nSPS) is 13.8. The number of carboxylic acid groups (broad SMARTS) is 1. The number of hydrogen-bond donors (Lipinski definition) is 1. The first-order valence-corrected chi connectivity index (χ1v) is 7.60. The monoisotopic (exact) mass is 242 g/mol. The van der Waals surface area contributed by atoms with E-state index in [9.17, 15) is 17.4 Å². The standard InChI is InChI=1S/C7H14O5S2/c1-14(11,12)6-2-4-13(10)5-3-7(8)9/h2-6H2,1H3,(H,8,9). The molecule has 0 saturated heterocycles. The third kappa shape index (κ3) is 9.66. The second-order valence-corrected chi connectivity index (χ2v) is 6.93. The summed E-state index contributed by atoms with van der Waals surface area (Å²) in [6, 6.07) is 0. The summed E-state index contributed by atoms with van der Waals surface area (Å²) >= 11 is 0. The highest BCUT2D eigenvalue weighted by molar-refractivity contribution is 7.90. The lowest BCUT2D eigenvalue weighted by Gasteiger charge is -1.99. The molecule has 84 valence electrons. The van der Waals surface area contributed by atoms with Crippen molar-refractivity contribution < 1.29 is 22.5 Å². The third-order valence-electron chi connectivity index (χ3n) is 1.43. The predicted octanol–water partition coefficient (Wildman–Crippen LogP) is -0.355. The van der Waals surface area contributed by atoms with Crippen molar-refractivity contribution in [2.75, 3.05) is 23.5 Å². The molecule has 0 aliphatic rings. The molecule has 0 heterocycles. The minimum atomic E-state index is -3.00. The van der Waals surface area contributed by atoms with Crippen molar-refractivity contribution in [2.24, 2.45) is 0 Å². The number of carboxylic acids is 1. The Morgan fingerprint density at radius 2 is 1.93 bits per heavy atom. The maximum absolute atomic E-state index is 11.1. The maximum atomic E-state index is 11.1. The van der Waals surface area contributed by atoms with E-state index < -0.39 is 26.6 Å². The average Bonchev–Trinajstić information content (AvgIpc) is 1.98. The van der Waals surface area contributed by atoms with Crippen LogP contribution in [0.15, 0.2) is 0 Å². The molecule has 0 spiro atoms. The van der Waals surface area contributed by atoms with Gasteiger partial charge >= 0.3 is 5.97 Å². The first-order chi connectivity index (χ1) is 6.31. The Labute approximate surface area is 85.9 Å². The minimum absolute atomic E-state index is 0.00577. The van der Waals surface area contributed by atoms with Crippen LogP contribution in [0.4, 0.5) is 0 Å². The zero-order valence-electron chi connectivity index (χ0n) is 7.93. The molecule has 0 radical (unpaired) electrons. The Morgan fingerprint density at radius 3 is 2.36 bits per heavy atom. The zero-order valence-corrected chi connectivity index (χ0v) is 9.57. The van der Waals surface area contributed by atoms with E-state index in [1.807, 2.05) is 0 Å². The van der Waals surface area contributed by atoms with E-state index in [2.05, 4.69) is 0 Å². The van der Waals surface area contributed by atoms with Crippen LogP contribution in [-0.4, -0.2) is 47.2 Å². The Bertz CT molecular complexity index is 306. The van der Waals surface area contributed by atoms with Crippen LogP contribution in [0.5, 0.6) is 0 Å². The highest BCUT2D eigenvalue weighted by Gasteiger charge is 2.06. The number of sulfone groups is 1. The molecular formula is C7H14O5S2. The molecule has 7 heteroatoms. The fourth-order valence-corrected chi connectivity index (χ4v) is 2.71. The lowest BCUT2D eigenvalue weighted by atomic mass is 10.5.